The molecule has 0 bridgehead atoms. The third-order valence-electron chi connectivity index (χ3n) is 4.05. The molecule has 2 N–H and O–H groups in total. The first-order chi connectivity index (χ1) is 9.97. The maximum atomic E-state index is 12.1. The average Bonchev–Trinajstić information content (AvgIpc) is 3.09. The Morgan fingerprint density at radius 1 is 1.24 bits per heavy atom. The Morgan fingerprint density at radius 2 is 1.90 bits per heavy atom. The summed E-state index contributed by atoms with van der Waals surface area (Å²) in [5, 5.41) is 9.14. The Kier molecular flexibility index (Phi) is 3.76. The van der Waals surface area contributed by atoms with Crippen molar-refractivity contribution in [1.29, 1.82) is 0 Å². The van der Waals surface area contributed by atoms with E-state index in [0.717, 1.165) is 12.8 Å². The zero-order valence-electron chi connectivity index (χ0n) is 11.6. The number of rotatable bonds is 5. The molecule has 0 aromatic carbocycles. The number of nitrogens with zero attached hydrogens (tertiary/aromatic N) is 2. The van der Waals surface area contributed by atoms with Crippen LogP contribution in [0.5, 0.6) is 0 Å². The lowest BCUT2D eigenvalue weighted by Crippen LogP contribution is -2.46. The Balaban J connectivity index is 1.64. The van der Waals surface area contributed by atoms with Gasteiger partial charge >= 0.3 is 5.97 Å². The average molecular weight is 313 g/mol. The first-order valence-corrected chi connectivity index (χ1v) is 8.59. The second-order valence-electron chi connectivity index (χ2n) is 5.63. The number of carboxylic acid groups (broad SMARTS) is 1. The highest BCUT2D eigenvalue weighted by molar-refractivity contribution is 7.87. The molecule has 1 aliphatic carbocycles. The van der Waals surface area contributed by atoms with Gasteiger partial charge in [0, 0.05) is 31.4 Å². The third kappa shape index (κ3) is 3.12. The number of nitrogens with one attached hydrogen (secondary N) is 1. The molecule has 0 atom stereocenters. The highest BCUT2D eigenvalue weighted by Gasteiger charge is 2.34. The van der Waals surface area contributed by atoms with E-state index in [-0.39, 0.29) is 17.8 Å². The largest absolute Gasteiger partial charge is 0.477 e. The molecule has 1 saturated carbocycles. The Labute approximate surface area is 123 Å². The predicted molar refractivity (Wildman–Crippen MR) is 76.3 cm³/mol. The maximum Gasteiger partial charge on any atom is 0.352 e. The van der Waals surface area contributed by atoms with Crippen molar-refractivity contribution in [2.24, 2.45) is 0 Å². The van der Waals surface area contributed by atoms with Crippen LogP contribution in [0.2, 0.25) is 0 Å². The van der Waals surface area contributed by atoms with Gasteiger partial charge in [-0.1, -0.05) is 0 Å². The van der Waals surface area contributed by atoms with Crippen molar-refractivity contribution in [2.75, 3.05) is 13.1 Å². The predicted octanol–water partition coefficient (Wildman–Crippen LogP) is 0.820. The molecule has 21 heavy (non-hydrogen) atoms. The normalized spacial score (nSPS) is 21.5. The lowest BCUT2D eigenvalue weighted by Gasteiger charge is -2.32. The van der Waals surface area contributed by atoms with Crippen LogP contribution < -0.4 is 4.72 Å². The van der Waals surface area contributed by atoms with Gasteiger partial charge in [0.1, 0.15) is 5.69 Å². The number of carboxylic acids is 1. The highest BCUT2D eigenvalue weighted by atomic mass is 32.2. The van der Waals surface area contributed by atoms with Crippen molar-refractivity contribution < 1.29 is 18.3 Å². The van der Waals surface area contributed by atoms with Crippen LogP contribution in [0.25, 0.3) is 0 Å². The van der Waals surface area contributed by atoms with Crippen LogP contribution in [0.4, 0.5) is 0 Å². The molecule has 2 aliphatic rings. The van der Waals surface area contributed by atoms with Crippen molar-refractivity contribution in [3.05, 3.63) is 24.0 Å². The minimum atomic E-state index is -3.38. The summed E-state index contributed by atoms with van der Waals surface area (Å²) in [4.78, 5) is 11.1. The molecule has 2 fully saturated rings. The van der Waals surface area contributed by atoms with E-state index in [4.69, 9.17) is 5.11 Å². The Hall–Kier alpha value is -1.38. The zero-order valence-corrected chi connectivity index (χ0v) is 12.4. The van der Waals surface area contributed by atoms with Gasteiger partial charge in [0.05, 0.1) is 0 Å². The van der Waals surface area contributed by atoms with Crippen LogP contribution in [0.1, 0.15) is 42.2 Å². The Morgan fingerprint density at radius 3 is 2.48 bits per heavy atom. The maximum absolute atomic E-state index is 12.1. The van der Waals surface area contributed by atoms with Crippen LogP contribution in [0.3, 0.4) is 0 Å². The molecule has 0 amide bonds. The van der Waals surface area contributed by atoms with Crippen molar-refractivity contribution in [3.63, 3.8) is 0 Å². The number of aromatic carboxylic acids is 1. The first kappa shape index (κ1) is 14.6. The van der Waals surface area contributed by atoms with Gasteiger partial charge in [0.25, 0.3) is 10.2 Å². The fraction of sp³-hybridized carbons (Fsp3) is 0.615. The molecule has 1 aromatic heterocycles. The molecule has 1 aliphatic heterocycles. The summed E-state index contributed by atoms with van der Waals surface area (Å²) in [6, 6.07) is 3.43. The third-order valence-corrected chi connectivity index (χ3v) is 5.72. The van der Waals surface area contributed by atoms with Gasteiger partial charge in [-0.2, -0.15) is 17.4 Å². The lowest BCUT2D eigenvalue weighted by atomic mass is 10.1. The number of hydrogen-bond acceptors (Lipinski definition) is 3. The van der Waals surface area contributed by atoms with Gasteiger partial charge in [-0.3, -0.25) is 0 Å². The number of aromatic nitrogens is 1. The van der Waals surface area contributed by atoms with E-state index in [0.29, 0.717) is 25.9 Å². The molecule has 1 aromatic rings. The van der Waals surface area contributed by atoms with Gasteiger partial charge in [-0.25, -0.2) is 4.79 Å². The summed E-state index contributed by atoms with van der Waals surface area (Å²) in [6.07, 6.45) is 4.84. The van der Waals surface area contributed by atoms with Crippen molar-refractivity contribution in [2.45, 2.75) is 37.8 Å². The van der Waals surface area contributed by atoms with Gasteiger partial charge in [-0.15, -0.1) is 0 Å². The quantitative estimate of drug-likeness (QED) is 0.842. The SMILES string of the molecule is O=C(O)c1cccn1C1CCN(S(=O)(=O)NC2CC2)CC1. The summed E-state index contributed by atoms with van der Waals surface area (Å²) in [5.41, 5.74) is 0.257. The topological polar surface area (TPSA) is 91.6 Å². The summed E-state index contributed by atoms with van der Waals surface area (Å²) < 4.78 is 30.1. The van der Waals surface area contributed by atoms with E-state index in [2.05, 4.69) is 4.72 Å². The first-order valence-electron chi connectivity index (χ1n) is 7.15. The van der Waals surface area contributed by atoms with Crippen LogP contribution in [0, 0.1) is 0 Å². The second-order valence-corrected chi connectivity index (χ2v) is 7.34. The fourth-order valence-electron chi connectivity index (χ4n) is 2.74. The number of hydrogen-bond donors (Lipinski definition) is 2. The smallest absolute Gasteiger partial charge is 0.352 e. The summed E-state index contributed by atoms with van der Waals surface area (Å²) in [5.74, 6) is -0.953. The molecule has 2 heterocycles. The van der Waals surface area contributed by atoms with E-state index < -0.39 is 16.2 Å². The highest BCUT2D eigenvalue weighted by Crippen LogP contribution is 2.27. The monoisotopic (exact) mass is 313 g/mol. The lowest BCUT2D eigenvalue weighted by molar-refractivity contribution is 0.0680. The molecular weight excluding hydrogens is 294 g/mol. The second kappa shape index (κ2) is 5.43. The minimum Gasteiger partial charge on any atom is -0.477 e. The summed E-state index contributed by atoms with van der Waals surface area (Å²) in [6.45, 7) is 0.841. The van der Waals surface area contributed by atoms with Gasteiger partial charge in [0.2, 0.25) is 0 Å². The Bertz CT molecular complexity index is 628. The molecule has 116 valence electrons. The van der Waals surface area contributed by atoms with Gasteiger partial charge in [-0.05, 0) is 37.8 Å². The van der Waals surface area contributed by atoms with Crippen LogP contribution in [0.15, 0.2) is 18.3 Å². The van der Waals surface area contributed by atoms with Crippen molar-refractivity contribution >= 4 is 16.2 Å². The molecule has 0 unspecified atom stereocenters. The molecule has 3 rings (SSSR count). The van der Waals surface area contributed by atoms with E-state index >= 15 is 0 Å². The van der Waals surface area contributed by atoms with E-state index in [1.807, 2.05) is 0 Å². The summed E-state index contributed by atoms with van der Waals surface area (Å²) >= 11 is 0. The minimum absolute atomic E-state index is 0.0403. The van der Waals surface area contributed by atoms with Crippen molar-refractivity contribution in [1.82, 2.24) is 13.6 Å². The van der Waals surface area contributed by atoms with Gasteiger partial charge < -0.3 is 9.67 Å². The van der Waals surface area contributed by atoms with E-state index in [1.165, 1.54) is 4.31 Å². The zero-order chi connectivity index (χ0) is 15.0. The van der Waals surface area contributed by atoms with Crippen LogP contribution in [-0.2, 0) is 10.2 Å². The molecular formula is C13H19N3O4S. The van der Waals surface area contributed by atoms with Crippen LogP contribution >= 0.6 is 0 Å². The summed E-state index contributed by atoms with van der Waals surface area (Å²) in [7, 11) is -3.38. The number of carbonyl (C=O) groups is 1. The molecule has 0 radical (unpaired) electrons. The molecule has 1 saturated heterocycles. The molecule has 8 heteroatoms. The van der Waals surface area contributed by atoms with Crippen LogP contribution in [-0.4, -0.2) is 47.5 Å². The fourth-order valence-corrected chi connectivity index (χ4v) is 4.24. The molecule has 7 nitrogen and oxygen atoms in total. The van der Waals surface area contributed by atoms with E-state index in [1.54, 1.807) is 22.9 Å². The van der Waals surface area contributed by atoms with Crippen molar-refractivity contribution in [3.8, 4) is 0 Å². The number of piperidine rings is 1. The standard InChI is InChI=1S/C13H19N3O4S/c17-13(18)12-2-1-7-16(12)11-5-8-15(9-6-11)21(19,20)14-10-3-4-10/h1-2,7,10-11,14H,3-6,8-9H2,(H,17,18). The van der Waals surface area contributed by atoms with Gasteiger partial charge in [0.15, 0.2) is 0 Å². The molecule has 0 spiro atoms. The van der Waals surface area contributed by atoms with E-state index in [9.17, 15) is 13.2 Å².